The van der Waals surface area contributed by atoms with E-state index in [2.05, 4.69) is 6.07 Å². The van der Waals surface area contributed by atoms with Crippen molar-refractivity contribution < 1.29 is 19.1 Å². The molecule has 0 saturated heterocycles. The molecule has 2 atom stereocenters. The maximum atomic E-state index is 13.2. The van der Waals surface area contributed by atoms with Crippen LogP contribution >= 0.6 is 0 Å². The van der Waals surface area contributed by atoms with E-state index in [4.69, 9.17) is 15.2 Å². The highest BCUT2D eigenvalue weighted by molar-refractivity contribution is 6.00. The van der Waals surface area contributed by atoms with Crippen LogP contribution in [0.2, 0.25) is 0 Å². The molecule has 1 aliphatic heterocycles. The van der Waals surface area contributed by atoms with Gasteiger partial charge in [0.2, 0.25) is 5.88 Å². The van der Waals surface area contributed by atoms with E-state index in [1.807, 2.05) is 30.3 Å². The van der Waals surface area contributed by atoms with Gasteiger partial charge in [-0.15, -0.1) is 0 Å². The largest absolute Gasteiger partial charge is 0.465 e. The summed E-state index contributed by atoms with van der Waals surface area (Å²) in [7, 11) is 1.31. The van der Waals surface area contributed by atoms with Crippen LogP contribution in [0.4, 0.5) is 0 Å². The van der Waals surface area contributed by atoms with E-state index < -0.39 is 11.9 Å². The van der Waals surface area contributed by atoms with Crippen LogP contribution < -0.4 is 5.73 Å². The first-order valence-corrected chi connectivity index (χ1v) is 9.60. The fourth-order valence-electron chi connectivity index (χ4n) is 4.13. The molecule has 2 aromatic rings. The molecular formula is C24H20N2O4. The van der Waals surface area contributed by atoms with Gasteiger partial charge in [-0.25, -0.2) is 4.79 Å². The van der Waals surface area contributed by atoms with E-state index in [1.54, 1.807) is 24.3 Å². The number of methoxy groups -OCH3 is 1. The molecule has 2 aliphatic rings. The number of carbonyl (C=O) groups is 2. The number of esters is 1. The molecule has 1 heterocycles. The summed E-state index contributed by atoms with van der Waals surface area (Å²) in [6, 6.07) is 18.6. The van der Waals surface area contributed by atoms with Gasteiger partial charge in [0.05, 0.1) is 18.6 Å². The van der Waals surface area contributed by atoms with E-state index in [9.17, 15) is 14.9 Å². The Morgan fingerprint density at radius 3 is 2.43 bits per heavy atom. The number of ether oxygens (including phenoxy) is 2. The van der Waals surface area contributed by atoms with Crippen molar-refractivity contribution in [3.63, 3.8) is 0 Å². The number of nitriles is 1. The zero-order chi connectivity index (χ0) is 21.3. The minimum atomic E-state index is -0.616. The number of nitrogens with two attached hydrogens (primary N) is 1. The zero-order valence-electron chi connectivity index (χ0n) is 16.4. The van der Waals surface area contributed by atoms with Crippen LogP contribution in [0.25, 0.3) is 0 Å². The summed E-state index contributed by atoms with van der Waals surface area (Å²) in [5.41, 5.74) is 8.89. The highest BCUT2D eigenvalue weighted by Gasteiger charge is 2.40. The number of rotatable bonds is 3. The predicted molar refractivity (Wildman–Crippen MR) is 109 cm³/mol. The number of carbonyl (C=O) groups excluding carboxylic acids is 2. The molecular weight excluding hydrogens is 380 g/mol. The summed E-state index contributed by atoms with van der Waals surface area (Å²) in [4.78, 5) is 24.9. The molecule has 30 heavy (non-hydrogen) atoms. The molecule has 0 amide bonds. The quantitative estimate of drug-likeness (QED) is 0.789. The monoisotopic (exact) mass is 400 g/mol. The van der Waals surface area contributed by atoms with Crippen molar-refractivity contribution >= 4 is 11.8 Å². The summed E-state index contributed by atoms with van der Waals surface area (Å²) >= 11 is 0. The summed E-state index contributed by atoms with van der Waals surface area (Å²) < 4.78 is 10.5. The van der Waals surface area contributed by atoms with Crippen LogP contribution in [0.15, 0.2) is 77.4 Å². The van der Waals surface area contributed by atoms with E-state index in [0.717, 1.165) is 5.56 Å². The van der Waals surface area contributed by atoms with Gasteiger partial charge in [-0.1, -0.05) is 42.5 Å². The minimum absolute atomic E-state index is 0.00349. The maximum Gasteiger partial charge on any atom is 0.337 e. The summed E-state index contributed by atoms with van der Waals surface area (Å²) in [6.45, 7) is 0. The Kier molecular flexibility index (Phi) is 5.11. The van der Waals surface area contributed by atoms with Gasteiger partial charge in [-0.3, -0.25) is 4.79 Å². The molecule has 6 nitrogen and oxygen atoms in total. The molecule has 150 valence electrons. The van der Waals surface area contributed by atoms with Crippen LogP contribution in [0.1, 0.15) is 46.2 Å². The second-order valence-corrected chi connectivity index (χ2v) is 7.31. The summed E-state index contributed by atoms with van der Waals surface area (Å²) in [6.07, 6.45) is 0.864. The molecule has 0 saturated carbocycles. The Bertz CT molecular complexity index is 1110. The third-order valence-corrected chi connectivity index (χ3v) is 5.60. The molecule has 6 heteroatoms. The minimum Gasteiger partial charge on any atom is -0.465 e. The predicted octanol–water partition coefficient (Wildman–Crippen LogP) is 3.68. The lowest BCUT2D eigenvalue weighted by atomic mass is 9.73. The molecule has 4 rings (SSSR count). The first kappa shape index (κ1) is 19.5. The van der Waals surface area contributed by atoms with Crippen molar-refractivity contribution in [2.75, 3.05) is 7.11 Å². The fourth-order valence-corrected chi connectivity index (χ4v) is 4.13. The van der Waals surface area contributed by atoms with Crippen molar-refractivity contribution in [2.45, 2.75) is 24.7 Å². The summed E-state index contributed by atoms with van der Waals surface area (Å²) in [5.74, 6) is -0.611. The van der Waals surface area contributed by atoms with Gasteiger partial charge < -0.3 is 15.2 Å². The van der Waals surface area contributed by atoms with Gasteiger partial charge in [-0.2, -0.15) is 5.26 Å². The van der Waals surface area contributed by atoms with E-state index in [-0.39, 0.29) is 23.2 Å². The van der Waals surface area contributed by atoms with Gasteiger partial charge >= 0.3 is 5.97 Å². The van der Waals surface area contributed by atoms with E-state index in [1.165, 1.54) is 7.11 Å². The number of ketones is 1. The molecule has 0 aromatic heterocycles. The first-order valence-electron chi connectivity index (χ1n) is 9.60. The van der Waals surface area contributed by atoms with Crippen LogP contribution in [0.3, 0.4) is 0 Å². The molecule has 0 radical (unpaired) electrons. The number of hydrogen-bond acceptors (Lipinski definition) is 6. The normalized spacial score (nSPS) is 20.9. The Morgan fingerprint density at radius 1 is 1.10 bits per heavy atom. The molecule has 0 bridgehead atoms. The van der Waals surface area contributed by atoms with Crippen molar-refractivity contribution in [3.8, 4) is 6.07 Å². The highest BCUT2D eigenvalue weighted by Crippen LogP contribution is 2.46. The molecule has 2 aromatic carbocycles. The van der Waals surface area contributed by atoms with Crippen molar-refractivity contribution in [1.29, 1.82) is 5.26 Å². The lowest BCUT2D eigenvalue weighted by Crippen LogP contribution is -2.29. The number of hydrogen-bond donors (Lipinski definition) is 1. The Hall–Kier alpha value is -3.85. The van der Waals surface area contributed by atoms with Gasteiger partial charge in [0.1, 0.15) is 17.4 Å². The Labute approximate surface area is 174 Å². The van der Waals surface area contributed by atoms with Crippen molar-refractivity contribution in [2.24, 2.45) is 5.73 Å². The third-order valence-electron chi connectivity index (χ3n) is 5.60. The molecule has 0 unspecified atom stereocenters. The maximum absolute atomic E-state index is 13.2. The van der Waals surface area contributed by atoms with Gasteiger partial charge in [0, 0.05) is 18.4 Å². The highest BCUT2D eigenvalue weighted by atomic mass is 16.5. The van der Waals surface area contributed by atoms with Crippen molar-refractivity contribution in [1.82, 2.24) is 0 Å². The smallest absolute Gasteiger partial charge is 0.337 e. The first-order chi connectivity index (χ1) is 14.5. The Balaban J connectivity index is 1.75. The van der Waals surface area contributed by atoms with Crippen LogP contribution in [0.5, 0.6) is 0 Å². The number of nitrogens with zero attached hydrogens (tertiary/aromatic N) is 1. The zero-order valence-corrected chi connectivity index (χ0v) is 16.4. The molecule has 0 fully saturated rings. The average Bonchev–Trinajstić information content (AvgIpc) is 2.78. The number of benzene rings is 2. The molecule has 1 aliphatic carbocycles. The van der Waals surface area contributed by atoms with Crippen LogP contribution in [0, 0.1) is 11.3 Å². The number of allylic oxidation sites excluding steroid dienone is 3. The van der Waals surface area contributed by atoms with E-state index in [0.29, 0.717) is 35.3 Å². The molecule has 2 N–H and O–H groups in total. The SMILES string of the molecule is COC(=O)c1ccc([C@@H]2C(C#N)=C(N)OC3=C2C(=O)C[C@@H](c2ccccc2)C3)cc1. The second kappa shape index (κ2) is 7.88. The van der Waals surface area contributed by atoms with Gasteiger partial charge in [-0.05, 0) is 29.2 Å². The topological polar surface area (TPSA) is 102 Å². The second-order valence-electron chi connectivity index (χ2n) is 7.31. The third kappa shape index (κ3) is 3.35. The lowest BCUT2D eigenvalue weighted by molar-refractivity contribution is -0.117. The van der Waals surface area contributed by atoms with E-state index >= 15 is 0 Å². The standard InChI is InChI=1S/C24H20N2O4/c1-29-24(28)16-9-7-15(8-10-16)21-18(13-25)23(26)30-20-12-17(11-19(27)22(20)21)14-5-3-2-4-6-14/h2-10,17,21H,11-12,26H2,1H3/t17-,21-/m1/s1. The van der Waals surface area contributed by atoms with Gasteiger partial charge in [0.25, 0.3) is 0 Å². The molecule has 0 spiro atoms. The average molecular weight is 400 g/mol. The Morgan fingerprint density at radius 2 is 1.80 bits per heavy atom. The lowest BCUT2D eigenvalue weighted by Gasteiger charge is -2.34. The van der Waals surface area contributed by atoms with Crippen molar-refractivity contribution in [3.05, 3.63) is 94.1 Å². The fraction of sp³-hybridized carbons (Fsp3) is 0.208. The number of Topliss-reactive ketones (excluding diaryl/α,β-unsaturated/α-hetero) is 1. The van der Waals surface area contributed by atoms with Gasteiger partial charge in [0.15, 0.2) is 5.78 Å². The van der Waals surface area contributed by atoms with Crippen LogP contribution in [-0.4, -0.2) is 18.9 Å². The summed E-state index contributed by atoms with van der Waals surface area (Å²) in [5, 5.41) is 9.70. The van der Waals surface area contributed by atoms with Crippen LogP contribution in [-0.2, 0) is 14.3 Å².